The fourth-order valence-electron chi connectivity index (χ4n) is 2.99. The molecular formula is C19H19NO2. The van der Waals surface area contributed by atoms with Gasteiger partial charge in [0.2, 0.25) is 5.78 Å². The molecule has 1 heterocycles. The molecule has 0 aliphatic carbocycles. The Balaban J connectivity index is 1.81. The van der Waals surface area contributed by atoms with E-state index in [1.54, 1.807) is 17.0 Å². The van der Waals surface area contributed by atoms with Crippen molar-refractivity contribution in [3.05, 3.63) is 71.3 Å². The van der Waals surface area contributed by atoms with E-state index in [0.717, 1.165) is 24.0 Å². The normalized spacial score (nSPS) is 17.5. The Bertz CT molecular complexity index is 676. The number of nitrogens with zero attached hydrogens (tertiary/aromatic N) is 1. The van der Waals surface area contributed by atoms with E-state index in [2.05, 4.69) is 0 Å². The zero-order chi connectivity index (χ0) is 15.5. The van der Waals surface area contributed by atoms with Crippen LogP contribution in [0.3, 0.4) is 0 Å². The summed E-state index contributed by atoms with van der Waals surface area (Å²) in [6.07, 6.45) is 1.85. The van der Waals surface area contributed by atoms with Gasteiger partial charge in [0, 0.05) is 12.1 Å². The van der Waals surface area contributed by atoms with Crippen molar-refractivity contribution < 1.29 is 9.59 Å². The molecule has 1 unspecified atom stereocenters. The fourth-order valence-corrected chi connectivity index (χ4v) is 2.99. The third-order valence-electron chi connectivity index (χ3n) is 4.21. The van der Waals surface area contributed by atoms with Gasteiger partial charge in [-0.25, -0.2) is 0 Å². The van der Waals surface area contributed by atoms with Gasteiger partial charge in [0.15, 0.2) is 0 Å². The summed E-state index contributed by atoms with van der Waals surface area (Å²) in [4.78, 5) is 26.7. The third kappa shape index (κ3) is 2.80. The van der Waals surface area contributed by atoms with Gasteiger partial charge in [-0.2, -0.15) is 0 Å². The van der Waals surface area contributed by atoms with Gasteiger partial charge < -0.3 is 4.90 Å². The Morgan fingerprint density at radius 2 is 1.68 bits per heavy atom. The molecule has 1 aliphatic heterocycles. The molecule has 2 aromatic rings. The summed E-state index contributed by atoms with van der Waals surface area (Å²) in [7, 11) is 0. The number of carbonyl (C=O) groups is 2. The molecule has 22 heavy (non-hydrogen) atoms. The zero-order valence-corrected chi connectivity index (χ0v) is 12.7. The average Bonchev–Trinajstić information content (AvgIpc) is 3.04. The van der Waals surface area contributed by atoms with Crippen molar-refractivity contribution in [3.8, 4) is 0 Å². The van der Waals surface area contributed by atoms with Crippen LogP contribution in [0, 0.1) is 6.92 Å². The highest BCUT2D eigenvalue weighted by atomic mass is 16.2. The van der Waals surface area contributed by atoms with Crippen LogP contribution in [0.5, 0.6) is 0 Å². The van der Waals surface area contributed by atoms with Crippen LogP contribution in [0.4, 0.5) is 0 Å². The highest BCUT2D eigenvalue weighted by Gasteiger charge is 2.33. The van der Waals surface area contributed by atoms with Crippen LogP contribution < -0.4 is 0 Å². The lowest BCUT2D eigenvalue weighted by molar-refractivity contribution is -0.127. The molecular weight excluding hydrogens is 274 g/mol. The first kappa shape index (κ1) is 14.5. The van der Waals surface area contributed by atoms with Crippen LogP contribution in [-0.4, -0.2) is 23.1 Å². The maximum absolute atomic E-state index is 12.6. The van der Waals surface area contributed by atoms with E-state index in [1.165, 1.54) is 0 Å². The monoisotopic (exact) mass is 293 g/mol. The smallest absolute Gasteiger partial charge is 0.295 e. The molecule has 0 saturated carbocycles. The number of rotatable bonds is 3. The first-order valence-electron chi connectivity index (χ1n) is 7.64. The third-order valence-corrected chi connectivity index (χ3v) is 4.21. The summed E-state index contributed by atoms with van der Waals surface area (Å²) in [6.45, 7) is 2.61. The van der Waals surface area contributed by atoms with Crippen LogP contribution in [0.1, 0.15) is 40.4 Å². The first-order valence-corrected chi connectivity index (χ1v) is 7.64. The number of hydrogen-bond acceptors (Lipinski definition) is 2. The lowest BCUT2D eigenvalue weighted by atomic mass is 10.0. The highest BCUT2D eigenvalue weighted by molar-refractivity contribution is 6.42. The number of hydrogen-bond donors (Lipinski definition) is 0. The predicted octanol–water partition coefficient (Wildman–Crippen LogP) is 3.54. The van der Waals surface area contributed by atoms with E-state index in [0.29, 0.717) is 12.1 Å². The summed E-state index contributed by atoms with van der Waals surface area (Å²) in [5.74, 6) is -0.807. The highest BCUT2D eigenvalue weighted by Crippen LogP contribution is 2.32. The average molecular weight is 293 g/mol. The molecule has 0 spiro atoms. The molecule has 2 aromatic carbocycles. The summed E-state index contributed by atoms with van der Waals surface area (Å²) in [6, 6.07) is 17.1. The number of ketones is 1. The van der Waals surface area contributed by atoms with E-state index in [1.807, 2.05) is 49.4 Å². The van der Waals surface area contributed by atoms with Crippen LogP contribution in [0.2, 0.25) is 0 Å². The van der Waals surface area contributed by atoms with Crippen LogP contribution in [0.25, 0.3) is 0 Å². The second-order valence-corrected chi connectivity index (χ2v) is 5.76. The van der Waals surface area contributed by atoms with Gasteiger partial charge in [0.05, 0.1) is 6.04 Å². The molecule has 112 valence electrons. The molecule has 1 aliphatic rings. The lowest BCUT2D eigenvalue weighted by Gasteiger charge is -2.24. The van der Waals surface area contributed by atoms with Crippen molar-refractivity contribution in [2.45, 2.75) is 25.8 Å². The Kier molecular flexibility index (Phi) is 4.05. The molecule has 1 atom stereocenters. The Morgan fingerprint density at radius 3 is 2.36 bits per heavy atom. The first-order chi connectivity index (χ1) is 10.7. The molecule has 1 fully saturated rings. The molecule has 3 heteroatoms. The van der Waals surface area contributed by atoms with Gasteiger partial charge >= 0.3 is 0 Å². The largest absolute Gasteiger partial charge is 0.329 e. The van der Waals surface area contributed by atoms with Crippen LogP contribution in [-0.2, 0) is 4.79 Å². The van der Waals surface area contributed by atoms with Crippen molar-refractivity contribution >= 4 is 11.7 Å². The molecule has 0 N–H and O–H groups in total. The lowest BCUT2D eigenvalue weighted by Crippen LogP contribution is -2.36. The van der Waals surface area contributed by atoms with Crippen LogP contribution >= 0.6 is 0 Å². The molecule has 1 amide bonds. The molecule has 0 radical (unpaired) electrons. The van der Waals surface area contributed by atoms with Gasteiger partial charge in [-0.05, 0) is 25.3 Å². The van der Waals surface area contributed by atoms with Crippen molar-refractivity contribution in [2.75, 3.05) is 6.54 Å². The molecule has 1 saturated heterocycles. The summed E-state index contributed by atoms with van der Waals surface area (Å²) in [5, 5.41) is 0. The van der Waals surface area contributed by atoms with E-state index in [-0.39, 0.29) is 6.04 Å². The second-order valence-electron chi connectivity index (χ2n) is 5.76. The SMILES string of the molecule is Cc1ccc(C(=O)C(=O)N2CCCC2c2ccccc2)cc1. The maximum Gasteiger partial charge on any atom is 0.295 e. The summed E-state index contributed by atoms with van der Waals surface area (Å²) in [5.41, 5.74) is 2.65. The number of Topliss-reactive ketones (excluding diaryl/α,β-unsaturated/α-hetero) is 1. The maximum atomic E-state index is 12.6. The van der Waals surface area contributed by atoms with Gasteiger partial charge in [-0.15, -0.1) is 0 Å². The quantitative estimate of drug-likeness (QED) is 0.641. The predicted molar refractivity (Wildman–Crippen MR) is 85.6 cm³/mol. The van der Waals surface area contributed by atoms with Crippen molar-refractivity contribution in [1.82, 2.24) is 4.90 Å². The molecule has 3 nitrogen and oxygen atoms in total. The summed E-state index contributed by atoms with van der Waals surface area (Å²) >= 11 is 0. The van der Waals surface area contributed by atoms with Gasteiger partial charge in [-0.1, -0.05) is 60.2 Å². The second kappa shape index (κ2) is 6.14. The van der Waals surface area contributed by atoms with Crippen molar-refractivity contribution in [3.63, 3.8) is 0 Å². The topological polar surface area (TPSA) is 37.4 Å². The van der Waals surface area contributed by atoms with E-state index < -0.39 is 11.7 Å². The molecule has 0 aromatic heterocycles. The number of carbonyl (C=O) groups excluding carboxylic acids is 2. The minimum absolute atomic E-state index is 0.0168. The number of likely N-dealkylation sites (tertiary alicyclic amines) is 1. The molecule has 3 rings (SSSR count). The van der Waals surface area contributed by atoms with Gasteiger partial charge in [-0.3, -0.25) is 9.59 Å². The minimum Gasteiger partial charge on any atom is -0.329 e. The van der Waals surface area contributed by atoms with E-state index in [9.17, 15) is 9.59 Å². The Hall–Kier alpha value is -2.42. The number of benzene rings is 2. The zero-order valence-electron chi connectivity index (χ0n) is 12.7. The minimum atomic E-state index is -0.414. The standard InChI is InChI=1S/C19H19NO2/c1-14-9-11-16(12-10-14)18(21)19(22)20-13-5-8-17(20)15-6-3-2-4-7-15/h2-4,6-7,9-12,17H,5,8,13H2,1H3. The Labute approximate surface area is 130 Å². The number of aryl methyl sites for hydroxylation is 1. The van der Waals surface area contributed by atoms with Crippen LogP contribution in [0.15, 0.2) is 54.6 Å². The van der Waals surface area contributed by atoms with Gasteiger partial charge in [0.1, 0.15) is 0 Å². The van der Waals surface area contributed by atoms with Crippen molar-refractivity contribution in [2.24, 2.45) is 0 Å². The summed E-state index contributed by atoms with van der Waals surface area (Å²) < 4.78 is 0. The van der Waals surface area contributed by atoms with Crippen molar-refractivity contribution in [1.29, 1.82) is 0 Å². The molecule has 0 bridgehead atoms. The fraction of sp³-hybridized carbons (Fsp3) is 0.263. The Morgan fingerprint density at radius 1 is 1.00 bits per heavy atom. The van der Waals surface area contributed by atoms with E-state index >= 15 is 0 Å². The van der Waals surface area contributed by atoms with Gasteiger partial charge in [0.25, 0.3) is 5.91 Å². The number of amides is 1. The van der Waals surface area contributed by atoms with E-state index in [4.69, 9.17) is 0 Å².